The molecule has 0 unspecified atom stereocenters. The number of hydrogen-bond acceptors (Lipinski definition) is 12. The normalized spacial score (nSPS) is 13.6. The van der Waals surface area contributed by atoms with E-state index < -0.39 is 0 Å². The summed E-state index contributed by atoms with van der Waals surface area (Å²) < 4.78 is 19.8. The fraction of sp³-hybridized carbons (Fsp3) is 0.357. The molecule has 4 aliphatic heterocycles. The molecule has 0 bridgehead atoms. The van der Waals surface area contributed by atoms with Crippen molar-refractivity contribution < 1.29 is 115 Å². The zero-order chi connectivity index (χ0) is 48.4. The summed E-state index contributed by atoms with van der Waals surface area (Å²) in [5, 5.41) is 48.2. The third-order valence-electron chi connectivity index (χ3n) is 10.9. The van der Waals surface area contributed by atoms with Crippen LogP contribution in [0.25, 0.3) is 43.6 Å². The molecule has 16 heteroatoms. The fourth-order valence-electron chi connectivity index (χ4n) is 7.32. The third kappa shape index (κ3) is 23.9. The second-order valence-corrected chi connectivity index (χ2v) is 16.5. The molecule has 4 aliphatic rings. The maximum atomic E-state index is 11.0. The molecular weight excluding hydrogens is 884 g/mol. The van der Waals surface area contributed by atoms with Crippen molar-refractivity contribution in [2.45, 2.75) is 79.1 Å². The van der Waals surface area contributed by atoms with Gasteiger partial charge < -0.3 is 39.4 Å². The molecular formula is C56H64Li4N4O8. The summed E-state index contributed by atoms with van der Waals surface area (Å²) in [5.41, 5.74) is 7.09. The van der Waals surface area contributed by atoms with Gasteiger partial charge in [0.25, 0.3) is 0 Å². The second-order valence-electron chi connectivity index (χ2n) is 16.5. The minimum atomic E-state index is -0.161. The summed E-state index contributed by atoms with van der Waals surface area (Å²) in [6.45, 7) is 15.7. The van der Waals surface area contributed by atoms with Gasteiger partial charge in [-0.3, -0.25) is 19.9 Å². The Hall–Kier alpha value is -4.05. The summed E-state index contributed by atoms with van der Waals surface area (Å²) in [6, 6.07) is 36.8. The minimum absolute atomic E-state index is 0. The predicted octanol–water partition coefficient (Wildman–Crippen LogP) is -2.33. The first-order valence-corrected chi connectivity index (χ1v) is 23.5. The van der Waals surface area contributed by atoms with E-state index in [9.17, 15) is 20.4 Å². The van der Waals surface area contributed by atoms with Crippen LogP contribution in [0.4, 0.5) is 0 Å². The fourth-order valence-corrected chi connectivity index (χ4v) is 7.32. The number of nitrogens with zero attached hydrogens (tertiary/aromatic N) is 4. The summed E-state index contributed by atoms with van der Waals surface area (Å²) in [4.78, 5) is 15.5. The Labute approximate surface area is 473 Å². The minimum Gasteiger partial charge on any atom is -0.859 e. The van der Waals surface area contributed by atoms with E-state index in [1.54, 1.807) is 24.3 Å². The van der Waals surface area contributed by atoms with E-state index >= 15 is 0 Å². The zero-order valence-corrected chi connectivity index (χ0v) is 43.9. The molecule has 72 heavy (non-hydrogen) atoms. The summed E-state index contributed by atoms with van der Waals surface area (Å²) in [7, 11) is 0. The van der Waals surface area contributed by atoms with Gasteiger partial charge in [0.1, 0.15) is 0 Å². The Bertz CT molecular complexity index is 2340. The van der Waals surface area contributed by atoms with Crippen molar-refractivity contribution in [3.63, 3.8) is 0 Å². The van der Waals surface area contributed by atoms with E-state index in [1.807, 2.05) is 125 Å². The summed E-state index contributed by atoms with van der Waals surface area (Å²) in [6.07, 6.45) is 10.2. The Morgan fingerprint density at radius 3 is 0.611 bits per heavy atom. The molecule has 0 saturated carbocycles. The van der Waals surface area contributed by atoms with E-state index in [2.05, 4.69) is 19.9 Å². The maximum Gasteiger partial charge on any atom is 1.00 e. The van der Waals surface area contributed by atoms with Gasteiger partial charge >= 0.3 is 75.4 Å². The van der Waals surface area contributed by atoms with Crippen molar-refractivity contribution in [2.75, 3.05) is 52.9 Å². The van der Waals surface area contributed by atoms with Crippen LogP contribution in [0.3, 0.4) is 0 Å². The zero-order valence-electron chi connectivity index (χ0n) is 43.9. The number of rotatable bonds is 0. The molecule has 4 aromatic heterocycles. The first-order valence-electron chi connectivity index (χ1n) is 23.5. The van der Waals surface area contributed by atoms with E-state index in [1.165, 1.54) is 51.4 Å². The molecule has 0 N–H and O–H groups in total. The van der Waals surface area contributed by atoms with Gasteiger partial charge in [-0.05, 0) is 173 Å². The van der Waals surface area contributed by atoms with Crippen LogP contribution in [0.2, 0.25) is 0 Å². The molecule has 0 radical (unpaired) electrons. The average Bonchev–Trinajstić information content (AvgIpc) is 4.21. The van der Waals surface area contributed by atoms with Gasteiger partial charge in [0, 0.05) is 74.4 Å². The number of aryl methyl sites for hydroxylation is 4. The molecule has 4 saturated heterocycles. The summed E-state index contributed by atoms with van der Waals surface area (Å²) in [5.74, 6) is -0.644. The van der Waals surface area contributed by atoms with Crippen molar-refractivity contribution >= 4 is 43.6 Å². The number of benzene rings is 4. The third-order valence-corrected chi connectivity index (χ3v) is 10.9. The number of aromatic nitrogens is 4. The van der Waals surface area contributed by atoms with Gasteiger partial charge in [0.2, 0.25) is 0 Å². The van der Waals surface area contributed by atoms with Crippen LogP contribution in [0, 0.1) is 27.7 Å². The molecule has 360 valence electrons. The van der Waals surface area contributed by atoms with E-state index in [0.29, 0.717) is 0 Å². The Balaban J connectivity index is 0.000000419. The van der Waals surface area contributed by atoms with Gasteiger partial charge in [-0.25, -0.2) is 0 Å². The van der Waals surface area contributed by atoms with Crippen molar-refractivity contribution in [3.8, 4) is 23.5 Å². The molecule has 4 aromatic carbocycles. The number of fused-ring (bicyclic) bond motifs is 4. The molecule has 12 nitrogen and oxygen atoms in total. The van der Waals surface area contributed by atoms with Crippen LogP contribution in [-0.2, 0) is 18.9 Å². The largest absolute Gasteiger partial charge is 1.00 e. The van der Waals surface area contributed by atoms with Crippen LogP contribution in [0.5, 0.6) is 23.5 Å². The molecule has 8 heterocycles. The monoisotopic (exact) mass is 949 g/mol. The molecule has 0 spiro atoms. The molecule has 4 fully saturated rings. The SMILES string of the molecule is C1CCOC1.C1CCOC1.C1CCOC1.C1CCOC1.Cc1cc([O-])nc2ccccc12.Cc1cc([O-])nc2ccccc12.Cc1cc([O-])nc2ccccc12.Cc1cc([O-])nc2ccccc12.[Li+].[Li+].[Li+].[Li+]. The van der Waals surface area contributed by atoms with Gasteiger partial charge in [0.05, 0.1) is 22.1 Å². The number of pyridine rings is 4. The number of para-hydroxylation sites is 4. The quantitative estimate of drug-likeness (QED) is 0.148. The molecule has 0 atom stereocenters. The molecule has 0 aliphatic carbocycles. The molecule has 0 amide bonds. The molecule has 8 aromatic rings. The van der Waals surface area contributed by atoms with Gasteiger partial charge in [0.15, 0.2) is 0 Å². The van der Waals surface area contributed by atoms with Crippen molar-refractivity contribution in [1.82, 2.24) is 19.9 Å². The van der Waals surface area contributed by atoms with Crippen LogP contribution in [0.15, 0.2) is 121 Å². The topological polar surface area (TPSA) is 181 Å². The van der Waals surface area contributed by atoms with Crippen molar-refractivity contribution in [2.24, 2.45) is 0 Å². The average molecular weight is 949 g/mol. The van der Waals surface area contributed by atoms with Crippen LogP contribution in [-0.4, -0.2) is 72.8 Å². The Kier molecular flexibility index (Phi) is 34.5. The number of ether oxygens (including phenoxy) is 4. The van der Waals surface area contributed by atoms with E-state index in [-0.39, 0.29) is 99.0 Å². The van der Waals surface area contributed by atoms with Crippen molar-refractivity contribution in [1.29, 1.82) is 0 Å². The first-order chi connectivity index (χ1) is 33.1. The Morgan fingerprint density at radius 2 is 0.458 bits per heavy atom. The van der Waals surface area contributed by atoms with Gasteiger partial charge in [-0.2, -0.15) is 0 Å². The predicted molar refractivity (Wildman–Crippen MR) is 264 cm³/mol. The number of hydrogen-bond donors (Lipinski definition) is 0. The van der Waals surface area contributed by atoms with Crippen LogP contribution >= 0.6 is 0 Å². The van der Waals surface area contributed by atoms with Crippen LogP contribution < -0.4 is 95.9 Å². The Morgan fingerprint density at radius 1 is 0.292 bits per heavy atom. The van der Waals surface area contributed by atoms with Gasteiger partial charge in [-0.1, -0.05) is 72.8 Å². The second kappa shape index (κ2) is 37.6. The van der Waals surface area contributed by atoms with E-state index in [0.717, 1.165) is 119 Å². The van der Waals surface area contributed by atoms with E-state index in [4.69, 9.17) is 18.9 Å². The first kappa shape index (κ1) is 66.0. The van der Waals surface area contributed by atoms with Gasteiger partial charge in [-0.15, -0.1) is 0 Å². The molecule has 12 rings (SSSR count). The maximum absolute atomic E-state index is 11.0. The summed E-state index contributed by atoms with van der Waals surface area (Å²) >= 11 is 0. The smallest absolute Gasteiger partial charge is 0.859 e. The van der Waals surface area contributed by atoms with Crippen LogP contribution in [0.1, 0.15) is 73.6 Å². The standard InChI is InChI=1S/4C10H9NO.4C4H8O.4Li/c4*1-7-6-10(12)11-9-5-3-2-4-8(7)9;4*1-2-4-5-3-1;;;;/h4*2-6H,1H3,(H,11,12);4*1-4H2;;;;/q;;;;;;;;4*+1/p-4. The van der Waals surface area contributed by atoms with Crippen molar-refractivity contribution in [3.05, 3.63) is 144 Å².